The maximum absolute atomic E-state index is 12.6. The Labute approximate surface area is 133 Å². The van der Waals surface area contributed by atoms with Gasteiger partial charge in [0.1, 0.15) is 11.3 Å². The molecule has 0 aliphatic carbocycles. The van der Waals surface area contributed by atoms with E-state index in [1.807, 2.05) is 36.4 Å². The lowest BCUT2D eigenvalue weighted by molar-refractivity contribution is 0.101. The van der Waals surface area contributed by atoms with Crippen LogP contribution in [-0.2, 0) is 0 Å². The molecular formula is C20H14O3. The van der Waals surface area contributed by atoms with Crippen molar-refractivity contribution >= 4 is 27.5 Å². The monoisotopic (exact) mass is 302 g/mol. The second-order valence-electron chi connectivity index (χ2n) is 5.37. The van der Waals surface area contributed by atoms with Crippen molar-refractivity contribution in [2.75, 3.05) is 7.11 Å². The summed E-state index contributed by atoms with van der Waals surface area (Å²) in [5.74, 6) is 0.937. The largest absolute Gasteiger partial charge is 0.497 e. The zero-order valence-corrected chi connectivity index (χ0v) is 12.6. The molecule has 3 aromatic carbocycles. The first-order valence-electron chi connectivity index (χ1n) is 7.36. The fraction of sp³-hybridized carbons (Fsp3) is 0.0500. The van der Waals surface area contributed by atoms with Crippen LogP contribution in [0.4, 0.5) is 0 Å². The predicted molar refractivity (Wildman–Crippen MR) is 90.1 cm³/mol. The number of rotatable bonds is 3. The number of hydrogen-bond acceptors (Lipinski definition) is 3. The minimum atomic E-state index is -0.132. The van der Waals surface area contributed by atoms with Crippen LogP contribution in [0.1, 0.15) is 16.1 Å². The highest BCUT2D eigenvalue weighted by atomic mass is 16.5. The summed E-state index contributed by atoms with van der Waals surface area (Å²) in [5, 5.41) is 3.04. The Morgan fingerprint density at radius 3 is 2.43 bits per heavy atom. The van der Waals surface area contributed by atoms with Gasteiger partial charge in [-0.15, -0.1) is 0 Å². The topological polar surface area (TPSA) is 39.4 Å². The highest BCUT2D eigenvalue weighted by Gasteiger charge is 2.16. The Balaban J connectivity index is 1.81. The molecule has 1 aromatic heterocycles. The third kappa shape index (κ3) is 2.27. The lowest BCUT2D eigenvalue weighted by atomic mass is 10.1. The lowest BCUT2D eigenvalue weighted by Crippen LogP contribution is -1.99. The average Bonchev–Trinajstić information content (AvgIpc) is 3.06. The molecule has 0 saturated heterocycles. The molecule has 0 radical (unpaired) electrons. The molecule has 4 aromatic rings. The molecule has 0 atom stereocenters. The predicted octanol–water partition coefficient (Wildman–Crippen LogP) is 4.83. The number of benzene rings is 3. The van der Waals surface area contributed by atoms with Crippen LogP contribution in [0.15, 0.2) is 71.1 Å². The van der Waals surface area contributed by atoms with E-state index in [0.29, 0.717) is 11.3 Å². The molecule has 1 heterocycles. The molecule has 112 valence electrons. The van der Waals surface area contributed by atoms with Gasteiger partial charge in [-0.1, -0.05) is 36.4 Å². The number of furan rings is 1. The lowest BCUT2D eigenvalue weighted by Gasteiger charge is -2.01. The molecule has 0 unspecified atom stereocenters. The van der Waals surface area contributed by atoms with Gasteiger partial charge in [0.2, 0.25) is 5.78 Å². The van der Waals surface area contributed by atoms with Crippen molar-refractivity contribution in [3.05, 3.63) is 78.1 Å². The first kappa shape index (κ1) is 13.6. The van der Waals surface area contributed by atoms with Gasteiger partial charge in [0.15, 0.2) is 5.76 Å². The molecule has 0 bridgehead atoms. The first-order chi connectivity index (χ1) is 11.3. The second kappa shape index (κ2) is 5.29. The molecule has 0 spiro atoms. The average molecular weight is 302 g/mol. The number of fused-ring (bicyclic) bond motifs is 3. The van der Waals surface area contributed by atoms with Gasteiger partial charge in [-0.3, -0.25) is 4.79 Å². The molecule has 0 N–H and O–H groups in total. The summed E-state index contributed by atoms with van der Waals surface area (Å²) in [4.78, 5) is 12.6. The molecule has 23 heavy (non-hydrogen) atoms. The number of methoxy groups -OCH3 is 1. The summed E-state index contributed by atoms with van der Waals surface area (Å²) < 4.78 is 11.0. The van der Waals surface area contributed by atoms with E-state index in [-0.39, 0.29) is 5.78 Å². The fourth-order valence-corrected chi connectivity index (χ4v) is 2.76. The standard InChI is InChI=1S/C20H14O3/c1-22-16-10-8-14(9-11-16)19(21)18-12-15-7-6-13-4-2-3-5-17(13)20(15)23-18/h2-12H,1H3. The quantitative estimate of drug-likeness (QED) is 0.509. The summed E-state index contributed by atoms with van der Waals surface area (Å²) in [5.41, 5.74) is 1.33. The van der Waals surface area contributed by atoms with Gasteiger partial charge in [-0.2, -0.15) is 0 Å². The van der Waals surface area contributed by atoms with Crippen LogP contribution in [-0.4, -0.2) is 12.9 Å². The van der Waals surface area contributed by atoms with Gasteiger partial charge in [0, 0.05) is 16.3 Å². The van der Waals surface area contributed by atoms with Gasteiger partial charge < -0.3 is 9.15 Å². The molecule has 3 heteroatoms. The normalized spacial score (nSPS) is 11.0. The van der Waals surface area contributed by atoms with Gasteiger partial charge in [-0.05, 0) is 35.7 Å². The van der Waals surface area contributed by atoms with Gasteiger partial charge in [0.25, 0.3) is 0 Å². The molecule has 0 amide bonds. The van der Waals surface area contributed by atoms with Crippen LogP contribution < -0.4 is 4.74 Å². The summed E-state index contributed by atoms with van der Waals surface area (Å²) in [7, 11) is 1.60. The van der Waals surface area contributed by atoms with Gasteiger partial charge >= 0.3 is 0 Å². The zero-order chi connectivity index (χ0) is 15.8. The zero-order valence-electron chi connectivity index (χ0n) is 12.6. The third-order valence-corrected chi connectivity index (χ3v) is 3.98. The third-order valence-electron chi connectivity index (χ3n) is 3.98. The van der Waals surface area contributed by atoms with Crippen LogP contribution in [0, 0.1) is 0 Å². The molecule has 3 nitrogen and oxygen atoms in total. The minimum Gasteiger partial charge on any atom is -0.497 e. The van der Waals surface area contributed by atoms with Crippen LogP contribution in [0.3, 0.4) is 0 Å². The van der Waals surface area contributed by atoms with E-state index >= 15 is 0 Å². The molecule has 0 fully saturated rings. The van der Waals surface area contributed by atoms with Gasteiger partial charge in [0.05, 0.1) is 7.11 Å². The van der Waals surface area contributed by atoms with Crippen LogP contribution in [0.5, 0.6) is 5.75 Å². The van der Waals surface area contributed by atoms with E-state index in [2.05, 4.69) is 0 Å². The summed E-state index contributed by atoms with van der Waals surface area (Å²) in [6.45, 7) is 0. The molecule has 4 rings (SSSR count). The molecule has 0 saturated carbocycles. The van der Waals surface area contributed by atoms with Crippen molar-refractivity contribution in [3.8, 4) is 5.75 Å². The van der Waals surface area contributed by atoms with Crippen molar-refractivity contribution in [3.63, 3.8) is 0 Å². The van der Waals surface area contributed by atoms with Crippen molar-refractivity contribution in [2.45, 2.75) is 0 Å². The first-order valence-corrected chi connectivity index (χ1v) is 7.36. The van der Waals surface area contributed by atoms with E-state index in [1.165, 1.54) is 0 Å². The van der Waals surface area contributed by atoms with Crippen molar-refractivity contribution < 1.29 is 13.9 Å². The number of ether oxygens (including phenoxy) is 1. The van der Waals surface area contributed by atoms with Gasteiger partial charge in [-0.25, -0.2) is 0 Å². The summed E-state index contributed by atoms with van der Waals surface area (Å²) in [6.07, 6.45) is 0. The van der Waals surface area contributed by atoms with Crippen LogP contribution >= 0.6 is 0 Å². The highest BCUT2D eigenvalue weighted by Crippen LogP contribution is 2.29. The SMILES string of the molecule is COc1ccc(C(=O)c2cc3ccc4ccccc4c3o2)cc1. The van der Waals surface area contributed by atoms with E-state index < -0.39 is 0 Å². The molecular weight excluding hydrogens is 288 g/mol. The van der Waals surface area contributed by atoms with E-state index in [0.717, 1.165) is 27.5 Å². The number of ketones is 1. The van der Waals surface area contributed by atoms with Crippen molar-refractivity contribution in [2.24, 2.45) is 0 Å². The molecule has 0 aliphatic rings. The van der Waals surface area contributed by atoms with E-state index in [1.54, 1.807) is 37.4 Å². The summed E-state index contributed by atoms with van der Waals surface area (Å²) >= 11 is 0. The molecule has 0 aliphatic heterocycles. The smallest absolute Gasteiger partial charge is 0.228 e. The summed E-state index contributed by atoms with van der Waals surface area (Å²) in [6, 6.07) is 20.8. The van der Waals surface area contributed by atoms with Crippen molar-refractivity contribution in [1.82, 2.24) is 0 Å². The highest BCUT2D eigenvalue weighted by molar-refractivity contribution is 6.12. The van der Waals surface area contributed by atoms with Crippen molar-refractivity contribution in [1.29, 1.82) is 0 Å². The van der Waals surface area contributed by atoms with E-state index in [4.69, 9.17) is 9.15 Å². The maximum atomic E-state index is 12.6. The Bertz CT molecular complexity index is 1010. The Morgan fingerprint density at radius 1 is 0.913 bits per heavy atom. The van der Waals surface area contributed by atoms with Crippen LogP contribution in [0.25, 0.3) is 21.7 Å². The Hall–Kier alpha value is -3.07. The Morgan fingerprint density at radius 2 is 1.65 bits per heavy atom. The fourth-order valence-electron chi connectivity index (χ4n) is 2.76. The van der Waals surface area contributed by atoms with Crippen LogP contribution in [0.2, 0.25) is 0 Å². The minimum absolute atomic E-state index is 0.132. The Kier molecular flexibility index (Phi) is 3.12. The maximum Gasteiger partial charge on any atom is 0.228 e. The number of carbonyl (C=O) groups excluding carboxylic acids is 1. The van der Waals surface area contributed by atoms with E-state index in [9.17, 15) is 4.79 Å². The number of carbonyl (C=O) groups is 1. The number of hydrogen-bond donors (Lipinski definition) is 0. The second-order valence-corrected chi connectivity index (χ2v) is 5.37.